The Hall–Kier alpha value is -0.160. The number of rotatable bonds is 5. The third-order valence-electron chi connectivity index (χ3n) is 4.75. The largest absolute Gasteiger partial charge is 0.379 e. The van der Waals surface area contributed by atoms with Crippen LogP contribution in [0, 0.1) is 0 Å². The van der Waals surface area contributed by atoms with Gasteiger partial charge < -0.3 is 10.1 Å². The van der Waals surface area contributed by atoms with Crippen LogP contribution in [-0.4, -0.2) is 73.9 Å². The highest BCUT2D eigenvalue weighted by Gasteiger charge is 2.29. The Labute approximate surface area is 117 Å². The van der Waals surface area contributed by atoms with Gasteiger partial charge in [0.25, 0.3) is 0 Å². The van der Waals surface area contributed by atoms with E-state index in [1.165, 1.54) is 45.3 Å². The predicted octanol–water partition coefficient (Wildman–Crippen LogP) is 0.924. The number of likely N-dealkylation sites (tertiary alicyclic amines) is 1. The molecule has 110 valence electrons. The first-order chi connectivity index (χ1) is 9.31. The van der Waals surface area contributed by atoms with Gasteiger partial charge in [0.2, 0.25) is 0 Å². The lowest BCUT2D eigenvalue weighted by atomic mass is 10.0. The van der Waals surface area contributed by atoms with Crippen LogP contribution in [0.1, 0.15) is 32.6 Å². The summed E-state index contributed by atoms with van der Waals surface area (Å²) in [5.74, 6) is 0. The Balaban J connectivity index is 1.43. The summed E-state index contributed by atoms with van der Waals surface area (Å²) in [5, 5.41) is 3.81. The summed E-state index contributed by atoms with van der Waals surface area (Å²) in [6.07, 6.45) is 5.54. The van der Waals surface area contributed by atoms with Crippen LogP contribution in [-0.2, 0) is 4.74 Å². The third-order valence-corrected chi connectivity index (χ3v) is 4.75. The molecule has 4 nitrogen and oxygen atoms in total. The molecular formula is C15H29N3O. The molecule has 2 saturated heterocycles. The molecule has 0 amide bonds. The lowest BCUT2D eigenvalue weighted by Crippen LogP contribution is -2.53. The van der Waals surface area contributed by atoms with Gasteiger partial charge in [0.1, 0.15) is 0 Å². The third kappa shape index (κ3) is 4.15. The van der Waals surface area contributed by atoms with E-state index in [2.05, 4.69) is 22.0 Å². The van der Waals surface area contributed by atoms with Crippen LogP contribution in [0.25, 0.3) is 0 Å². The average Bonchev–Trinajstić information content (AvgIpc) is 3.24. The second-order valence-electron chi connectivity index (χ2n) is 6.54. The lowest BCUT2D eigenvalue weighted by Gasteiger charge is -2.39. The van der Waals surface area contributed by atoms with Crippen molar-refractivity contribution in [3.63, 3.8) is 0 Å². The summed E-state index contributed by atoms with van der Waals surface area (Å²) in [6, 6.07) is 2.27. The van der Waals surface area contributed by atoms with Gasteiger partial charge in [-0.25, -0.2) is 0 Å². The van der Waals surface area contributed by atoms with Crippen molar-refractivity contribution in [3.8, 4) is 0 Å². The average molecular weight is 267 g/mol. The topological polar surface area (TPSA) is 27.7 Å². The maximum Gasteiger partial charge on any atom is 0.0594 e. The van der Waals surface area contributed by atoms with E-state index >= 15 is 0 Å². The summed E-state index contributed by atoms with van der Waals surface area (Å²) in [7, 11) is 0. The minimum atomic E-state index is 0.682. The smallest absolute Gasteiger partial charge is 0.0594 e. The first-order valence-electron chi connectivity index (χ1n) is 8.11. The fraction of sp³-hybridized carbons (Fsp3) is 1.00. The normalized spacial score (nSPS) is 32.4. The number of piperidine rings is 1. The molecule has 2 atom stereocenters. The van der Waals surface area contributed by atoms with Gasteiger partial charge in [-0.3, -0.25) is 9.80 Å². The SMILES string of the molecule is CC(CN1CCOCC1)N1CCCC(NC2CC2)C1. The summed E-state index contributed by atoms with van der Waals surface area (Å²) in [4.78, 5) is 5.26. The minimum Gasteiger partial charge on any atom is -0.379 e. The molecule has 0 radical (unpaired) electrons. The van der Waals surface area contributed by atoms with Crippen molar-refractivity contribution in [2.24, 2.45) is 0 Å². The second kappa shape index (κ2) is 6.53. The Bertz CT molecular complexity index is 277. The zero-order valence-corrected chi connectivity index (χ0v) is 12.3. The molecule has 0 spiro atoms. The van der Waals surface area contributed by atoms with E-state index in [4.69, 9.17) is 4.74 Å². The van der Waals surface area contributed by atoms with Gasteiger partial charge in [0.15, 0.2) is 0 Å². The van der Waals surface area contributed by atoms with Crippen LogP contribution < -0.4 is 5.32 Å². The summed E-state index contributed by atoms with van der Waals surface area (Å²) in [6.45, 7) is 10.2. The van der Waals surface area contributed by atoms with Crippen molar-refractivity contribution in [2.75, 3.05) is 45.9 Å². The van der Waals surface area contributed by atoms with Crippen molar-refractivity contribution in [2.45, 2.75) is 50.7 Å². The van der Waals surface area contributed by atoms with Gasteiger partial charge in [0.05, 0.1) is 13.2 Å². The number of hydrogen-bond donors (Lipinski definition) is 1. The van der Waals surface area contributed by atoms with E-state index in [0.29, 0.717) is 6.04 Å². The van der Waals surface area contributed by atoms with Crippen LogP contribution in [0.15, 0.2) is 0 Å². The minimum absolute atomic E-state index is 0.682. The monoisotopic (exact) mass is 267 g/mol. The van der Waals surface area contributed by atoms with Crippen molar-refractivity contribution >= 4 is 0 Å². The zero-order valence-electron chi connectivity index (χ0n) is 12.3. The molecule has 19 heavy (non-hydrogen) atoms. The highest BCUT2D eigenvalue weighted by Crippen LogP contribution is 2.22. The van der Waals surface area contributed by atoms with E-state index < -0.39 is 0 Å². The number of nitrogens with zero attached hydrogens (tertiary/aromatic N) is 2. The fourth-order valence-electron chi connectivity index (χ4n) is 3.40. The van der Waals surface area contributed by atoms with Crippen LogP contribution in [0.2, 0.25) is 0 Å². The molecule has 1 aliphatic carbocycles. The highest BCUT2D eigenvalue weighted by atomic mass is 16.5. The maximum absolute atomic E-state index is 5.43. The van der Waals surface area contributed by atoms with E-state index in [1.807, 2.05) is 0 Å². The molecule has 0 aromatic carbocycles. The first-order valence-corrected chi connectivity index (χ1v) is 8.11. The van der Waals surface area contributed by atoms with Crippen LogP contribution in [0.4, 0.5) is 0 Å². The number of hydrogen-bond acceptors (Lipinski definition) is 4. The van der Waals surface area contributed by atoms with Crippen molar-refractivity contribution in [1.82, 2.24) is 15.1 Å². The van der Waals surface area contributed by atoms with Gasteiger partial charge in [0, 0.05) is 44.3 Å². The molecule has 1 N–H and O–H groups in total. The zero-order chi connectivity index (χ0) is 13.1. The van der Waals surface area contributed by atoms with Gasteiger partial charge >= 0.3 is 0 Å². The van der Waals surface area contributed by atoms with E-state index in [0.717, 1.165) is 38.4 Å². The Kier molecular flexibility index (Phi) is 4.74. The fourth-order valence-corrected chi connectivity index (χ4v) is 3.40. The van der Waals surface area contributed by atoms with Crippen molar-refractivity contribution < 1.29 is 4.74 Å². The maximum atomic E-state index is 5.43. The lowest BCUT2D eigenvalue weighted by molar-refractivity contribution is 0.0207. The summed E-state index contributed by atoms with van der Waals surface area (Å²) in [5.41, 5.74) is 0. The molecule has 1 saturated carbocycles. The Morgan fingerprint density at radius 1 is 1.11 bits per heavy atom. The molecule has 3 rings (SSSR count). The van der Waals surface area contributed by atoms with Gasteiger partial charge in [-0.1, -0.05) is 0 Å². The molecule has 3 fully saturated rings. The second-order valence-corrected chi connectivity index (χ2v) is 6.54. The number of ether oxygens (including phenoxy) is 1. The van der Waals surface area contributed by atoms with Gasteiger partial charge in [-0.15, -0.1) is 0 Å². The summed E-state index contributed by atoms with van der Waals surface area (Å²) < 4.78 is 5.43. The van der Waals surface area contributed by atoms with Crippen LogP contribution in [0.5, 0.6) is 0 Å². The van der Waals surface area contributed by atoms with Crippen molar-refractivity contribution in [3.05, 3.63) is 0 Å². The molecule has 2 aliphatic heterocycles. The Morgan fingerprint density at radius 2 is 1.89 bits per heavy atom. The molecule has 2 heterocycles. The molecule has 0 aromatic heterocycles. The molecule has 0 aromatic rings. The first kappa shape index (κ1) is 13.8. The van der Waals surface area contributed by atoms with E-state index in [9.17, 15) is 0 Å². The molecule has 4 heteroatoms. The van der Waals surface area contributed by atoms with Crippen LogP contribution in [0.3, 0.4) is 0 Å². The van der Waals surface area contributed by atoms with E-state index in [1.54, 1.807) is 0 Å². The molecule has 2 unspecified atom stereocenters. The van der Waals surface area contributed by atoms with E-state index in [-0.39, 0.29) is 0 Å². The van der Waals surface area contributed by atoms with Crippen molar-refractivity contribution in [1.29, 1.82) is 0 Å². The molecule has 0 bridgehead atoms. The number of nitrogens with one attached hydrogen (secondary N) is 1. The standard InChI is InChI=1S/C15H29N3O/c1-13(11-17-7-9-19-10-8-17)18-6-2-3-15(12-18)16-14-4-5-14/h13-16H,2-12H2,1H3. The molecule has 3 aliphatic rings. The Morgan fingerprint density at radius 3 is 2.63 bits per heavy atom. The number of morpholine rings is 1. The quantitative estimate of drug-likeness (QED) is 0.802. The molecular weight excluding hydrogens is 238 g/mol. The highest BCUT2D eigenvalue weighted by molar-refractivity contribution is 4.89. The van der Waals surface area contributed by atoms with Gasteiger partial charge in [-0.2, -0.15) is 0 Å². The van der Waals surface area contributed by atoms with Crippen LogP contribution >= 0.6 is 0 Å². The van der Waals surface area contributed by atoms with Gasteiger partial charge in [-0.05, 0) is 39.2 Å². The summed E-state index contributed by atoms with van der Waals surface area (Å²) >= 11 is 0. The predicted molar refractivity (Wildman–Crippen MR) is 77.5 cm³/mol.